The molecule has 2 rings (SSSR count). The van der Waals surface area contributed by atoms with Gasteiger partial charge in [0.2, 0.25) is 0 Å². The maximum absolute atomic E-state index is 5.70. The third-order valence-corrected chi connectivity index (χ3v) is 4.83. The van der Waals surface area contributed by atoms with Crippen LogP contribution in [0.2, 0.25) is 0 Å². The third kappa shape index (κ3) is 2.65. The minimum atomic E-state index is 0.808. The number of nitrogens with zero attached hydrogens (tertiary/aromatic N) is 1. The van der Waals surface area contributed by atoms with Crippen molar-refractivity contribution in [3.05, 3.63) is 0 Å². The monoisotopic (exact) mass is 214 g/mol. The maximum Gasteiger partial charge on any atom is 0.0186 e. The summed E-state index contributed by atoms with van der Waals surface area (Å²) < 4.78 is 0. The second kappa shape index (κ2) is 5.38. The largest absolute Gasteiger partial charge is 0.330 e. The highest BCUT2D eigenvalue weighted by molar-refractivity contribution is 7.99. The van der Waals surface area contributed by atoms with Gasteiger partial charge in [-0.15, -0.1) is 0 Å². The molecule has 0 spiro atoms. The first-order valence-electron chi connectivity index (χ1n) is 5.92. The number of rotatable bonds is 2. The Morgan fingerprint density at radius 3 is 2.57 bits per heavy atom. The molecule has 0 aromatic heterocycles. The van der Waals surface area contributed by atoms with E-state index in [2.05, 4.69) is 16.7 Å². The molecule has 1 unspecified atom stereocenters. The Labute approximate surface area is 91.6 Å². The normalized spacial score (nSPS) is 31.9. The zero-order valence-electron chi connectivity index (χ0n) is 8.95. The van der Waals surface area contributed by atoms with Crippen molar-refractivity contribution >= 4 is 11.8 Å². The van der Waals surface area contributed by atoms with Gasteiger partial charge in [-0.2, -0.15) is 11.8 Å². The van der Waals surface area contributed by atoms with E-state index in [4.69, 9.17) is 5.73 Å². The van der Waals surface area contributed by atoms with Crippen molar-refractivity contribution in [2.45, 2.75) is 31.7 Å². The van der Waals surface area contributed by atoms with Crippen molar-refractivity contribution in [1.29, 1.82) is 0 Å². The Hall–Kier alpha value is 0.270. The van der Waals surface area contributed by atoms with Crippen LogP contribution >= 0.6 is 11.8 Å². The van der Waals surface area contributed by atoms with Crippen molar-refractivity contribution in [3.63, 3.8) is 0 Å². The summed E-state index contributed by atoms with van der Waals surface area (Å²) in [6.45, 7) is 3.49. The fourth-order valence-corrected chi connectivity index (χ4v) is 3.75. The number of thioether (sulfide) groups is 1. The van der Waals surface area contributed by atoms with Crippen LogP contribution in [-0.2, 0) is 0 Å². The van der Waals surface area contributed by atoms with Gasteiger partial charge in [-0.25, -0.2) is 0 Å². The summed E-state index contributed by atoms with van der Waals surface area (Å²) in [5.74, 6) is 3.56. The number of hydrogen-bond acceptors (Lipinski definition) is 3. The molecule has 2 nitrogen and oxygen atoms in total. The number of likely N-dealkylation sites (tertiary alicyclic amines) is 1. The van der Waals surface area contributed by atoms with Crippen LogP contribution in [0.25, 0.3) is 0 Å². The van der Waals surface area contributed by atoms with E-state index in [0.29, 0.717) is 0 Å². The second-order valence-corrected chi connectivity index (χ2v) is 5.74. The predicted molar refractivity (Wildman–Crippen MR) is 63.7 cm³/mol. The van der Waals surface area contributed by atoms with Gasteiger partial charge in [-0.3, -0.25) is 4.90 Å². The quantitative estimate of drug-likeness (QED) is 0.756. The van der Waals surface area contributed by atoms with Gasteiger partial charge in [-0.1, -0.05) is 0 Å². The molecule has 2 aliphatic rings. The number of nitrogens with two attached hydrogens (primary N) is 1. The van der Waals surface area contributed by atoms with Crippen LogP contribution in [0.4, 0.5) is 0 Å². The van der Waals surface area contributed by atoms with E-state index in [1.807, 2.05) is 0 Å². The summed E-state index contributed by atoms with van der Waals surface area (Å²) in [5.41, 5.74) is 5.70. The lowest BCUT2D eigenvalue weighted by Gasteiger charge is -2.38. The summed E-state index contributed by atoms with van der Waals surface area (Å²) in [5, 5.41) is 0. The van der Waals surface area contributed by atoms with E-state index >= 15 is 0 Å². The fraction of sp³-hybridized carbons (Fsp3) is 1.00. The molecule has 0 radical (unpaired) electrons. The lowest BCUT2D eigenvalue weighted by Crippen LogP contribution is -2.44. The van der Waals surface area contributed by atoms with E-state index in [-0.39, 0.29) is 0 Å². The molecule has 2 heterocycles. The van der Waals surface area contributed by atoms with Crippen molar-refractivity contribution < 1.29 is 0 Å². The van der Waals surface area contributed by atoms with Gasteiger partial charge in [0.05, 0.1) is 0 Å². The predicted octanol–water partition coefficient (Wildman–Crippen LogP) is 1.55. The smallest absolute Gasteiger partial charge is 0.0186 e. The molecule has 0 aliphatic carbocycles. The third-order valence-electron chi connectivity index (χ3n) is 3.64. The minimum absolute atomic E-state index is 0.808. The van der Waals surface area contributed by atoms with Crippen LogP contribution in [0.5, 0.6) is 0 Å². The summed E-state index contributed by atoms with van der Waals surface area (Å²) in [4.78, 5) is 2.71. The molecular formula is C11H22N2S. The molecule has 0 bridgehead atoms. The summed E-state index contributed by atoms with van der Waals surface area (Å²) in [6, 6.07) is 0.882. The molecule has 2 N–H and O–H groups in total. The molecule has 14 heavy (non-hydrogen) atoms. The Kier molecular flexibility index (Phi) is 4.14. The molecule has 1 atom stereocenters. The fourth-order valence-electron chi connectivity index (χ4n) is 2.57. The molecule has 2 aliphatic heterocycles. The van der Waals surface area contributed by atoms with Gasteiger partial charge in [0.25, 0.3) is 0 Å². The Balaban J connectivity index is 1.76. The number of hydrogen-bond donors (Lipinski definition) is 1. The zero-order chi connectivity index (χ0) is 9.80. The van der Waals surface area contributed by atoms with Gasteiger partial charge >= 0.3 is 0 Å². The van der Waals surface area contributed by atoms with E-state index in [1.54, 1.807) is 0 Å². The minimum Gasteiger partial charge on any atom is -0.330 e. The van der Waals surface area contributed by atoms with Gasteiger partial charge in [-0.05, 0) is 57.0 Å². The average Bonchev–Trinajstić information content (AvgIpc) is 2.30. The lowest BCUT2D eigenvalue weighted by molar-refractivity contribution is 0.138. The highest BCUT2D eigenvalue weighted by Gasteiger charge is 2.25. The molecule has 3 heteroatoms. The van der Waals surface area contributed by atoms with E-state index in [1.165, 1.54) is 50.3 Å². The summed E-state index contributed by atoms with van der Waals surface area (Å²) >= 11 is 2.14. The molecule has 0 aromatic carbocycles. The average molecular weight is 214 g/mol. The first-order chi connectivity index (χ1) is 6.90. The van der Waals surface area contributed by atoms with Crippen LogP contribution < -0.4 is 5.73 Å². The van der Waals surface area contributed by atoms with Gasteiger partial charge in [0, 0.05) is 11.8 Å². The summed E-state index contributed by atoms with van der Waals surface area (Å²) in [7, 11) is 0. The van der Waals surface area contributed by atoms with Crippen molar-refractivity contribution in [3.8, 4) is 0 Å². The Morgan fingerprint density at radius 1 is 1.21 bits per heavy atom. The highest BCUT2D eigenvalue weighted by Crippen LogP contribution is 2.25. The molecule has 2 saturated heterocycles. The SMILES string of the molecule is NCC1CCN(C2CCCSC2)CC1. The highest BCUT2D eigenvalue weighted by atomic mass is 32.2. The second-order valence-electron chi connectivity index (χ2n) is 4.59. The van der Waals surface area contributed by atoms with Crippen LogP contribution in [0.1, 0.15) is 25.7 Å². The van der Waals surface area contributed by atoms with Crippen molar-refractivity contribution in [2.24, 2.45) is 11.7 Å². The zero-order valence-corrected chi connectivity index (χ0v) is 9.77. The van der Waals surface area contributed by atoms with Crippen LogP contribution in [0, 0.1) is 5.92 Å². The van der Waals surface area contributed by atoms with Crippen molar-refractivity contribution in [2.75, 3.05) is 31.1 Å². The molecular weight excluding hydrogens is 192 g/mol. The Bertz CT molecular complexity index is 161. The molecule has 82 valence electrons. The van der Waals surface area contributed by atoms with E-state index in [9.17, 15) is 0 Å². The first-order valence-corrected chi connectivity index (χ1v) is 7.07. The lowest BCUT2D eigenvalue weighted by atomic mass is 9.95. The first kappa shape index (κ1) is 10.8. The van der Waals surface area contributed by atoms with Crippen molar-refractivity contribution in [1.82, 2.24) is 4.90 Å². The van der Waals surface area contributed by atoms with Gasteiger partial charge < -0.3 is 5.73 Å². The number of piperidine rings is 1. The topological polar surface area (TPSA) is 29.3 Å². The molecule has 0 aromatic rings. The van der Waals surface area contributed by atoms with Crippen LogP contribution in [0.3, 0.4) is 0 Å². The van der Waals surface area contributed by atoms with Crippen LogP contribution in [-0.4, -0.2) is 42.1 Å². The molecule has 0 saturated carbocycles. The summed E-state index contributed by atoms with van der Waals surface area (Å²) in [6.07, 6.45) is 5.52. The van der Waals surface area contributed by atoms with Gasteiger partial charge in [0.1, 0.15) is 0 Å². The van der Waals surface area contributed by atoms with E-state index in [0.717, 1.165) is 18.5 Å². The standard InChI is InChI=1S/C11H22N2S/c12-8-10-3-5-13(6-4-10)11-2-1-7-14-9-11/h10-11H,1-9,12H2. The molecule has 0 amide bonds. The maximum atomic E-state index is 5.70. The van der Waals surface area contributed by atoms with Crippen LogP contribution in [0.15, 0.2) is 0 Å². The Morgan fingerprint density at radius 2 is 2.00 bits per heavy atom. The molecule has 2 fully saturated rings. The van der Waals surface area contributed by atoms with E-state index < -0.39 is 0 Å². The van der Waals surface area contributed by atoms with Gasteiger partial charge in [0.15, 0.2) is 0 Å².